The summed E-state index contributed by atoms with van der Waals surface area (Å²) in [5, 5.41) is 9.09. The summed E-state index contributed by atoms with van der Waals surface area (Å²) in [5.41, 5.74) is 0.205. The van der Waals surface area contributed by atoms with Crippen molar-refractivity contribution in [3.8, 4) is 0 Å². The second-order valence-electron chi connectivity index (χ2n) is 3.66. The average Bonchev–Trinajstić information content (AvgIpc) is 2.32. The van der Waals surface area contributed by atoms with E-state index in [-0.39, 0.29) is 0 Å². The molecule has 0 aromatic carbocycles. The highest BCUT2D eigenvalue weighted by atomic mass is 16.4. The summed E-state index contributed by atoms with van der Waals surface area (Å²) in [6.45, 7) is 1.88. The predicted molar refractivity (Wildman–Crippen MR) is 46.5 cm³/mol. The smallest absolute Gasteiger partial charge is 0.317 e. The van der Waals surface area contributed by atoms with Gasteiger partial charge >= 0.3 is 5.97 Å². The average molecular weight is 180 g/mol. The summed E-state index contributed by atoms with van der Waals surface area (Å²) >= 11 is 0. The van der Waals surface area contributed by atoms with Gasteiger partial charge in [0.2, 0.25) is 0 Å². The van der Waals surface area contributed by atoms with E-state index < -0.39 is 11.4 Å². The molecule has 2 N–H and O–H groups in total. The number of carbonyl (C=O) groups is 1. The number of H-pyrrole nitrogens is 1. The summed E-state index contributed by atoms with van der Waals surface area (Å²) in [6.07, 6.45) is 4.06. The van der Waals surface area contributed by atoms with E-state index in [2.05, 4.69) is 9.97 Å². The fraction of sp³-hybridized carbons (Fsp3) is 0.556. The lowest BCUT2D eigenvalue weighted by molar-refractivity contribution is -0.147. The first-order valence-corrected chi connectivity index (χ1v) is 4.41. The van der Waals surface area contributed by atoms with Crippen molar-refractivity contribution in [3.05, 3.63) is 17.7 Å². The van der Waals surface area contributed by atoms with E-state index in [0.717, 1.165) is 12.1 Å². The molecule has 0 spiro atoms. The molecular weight excluding hydrogens is 168 g/mol. The van der Waals surface area contributed by atoms with Crippen LogP contribution in [-0.2, 0) is 10.2 Å². The van der Waals surface area contributed by atoms with Crippen molar-refractivity contribution in [2.45, 2.75) is 31.6 Å². The van der Waals surface area contributed by atoms with Gasteiger partial charge in [-0.05, 0) is 19.8 Å². The number of carboxylic acid groups (broad SMARTS) is 1. The zero-order chi connectivity index (χ0) is 9.47. The van der Waals surface area contributed by atoms with Gasteiger partial charge in [-0.25, -0.2) is 4.98 Å². The number of aryl methyl sites for hydroxylation is 1. The molecule has 1 aliphatic carbocycles. The molecule has 1 aromatic heterocycles. The zero-order valence-corrected chi connectivity index (χ0v) is 7.50. The quantitative estimate of drug-likeness (QED) is 0.719. The maximum Gasteiger partial charge on any atom is 0.317 e. The molecule has 2 rings (SSSR count). The lowest BCUT2D eigenvalue weighted by Gasteiger charge is -2.35. The van der Waals surface area contributed by atoms with E-state index in [1.165, 1.54) is 0 Å². The molecule has 0 atom stereocenters. The number of aromatic nitrogens is 2. The molecule has 4 nitrogen and oxygen atoms in total. The molecule has 70 valence electrons. The number of nitrogens with zero attached hydrogens (tertiary/aromatic N) is 1. The maximum atomic E-state index is 11.1. The fourth-order valence-corrected chi connectivity index (χ4v) is 1.74. The Labute approximate surface area is 76.0 Å². The number of hydrogen-bond acceptors (Lipinski definition) is 2. The summed E-state index contributed by atoms with van der Waals surface area (Å²) in [4.78, 5) is 18.2. The molecule has 1 fully saturated rings. The number of carboxylic acids is 1. The molecule has 1 aliphatic rings. The minimum Gasteiger partial charge on any atom is -0.480 e. The van der Waals surface area contributed by atoms with Crippen LogP contribution in [0.4, 0.5) is 0 Å². The van der Waals surface area contributed by atoms with Crippen LogP contribution >= 0.6 is 0 Å². The number of rotatable bonds is 2. The van der Waals surface area contributed by atoms with Gasteiger partial charge in [0.25, 0.3) is 0 Å². The van der Waals surface area contributed by atoms with E-state index in [0.29, 0.717) is 18.7 Å². The Bertz CT molecular complexity index is 339. The number of nitrogens with one attached hydrogen (secondary N) is 1. The van der Waals surface area contributed by atoms with Crippen molar-refractivity contribution in [2.24, 2.45) is 0 Å². The molecule has 4 heteroatoms. The van der Waals surface area contributed by atoms with E-state index in [1.54, 1.807) is 6.20 Å². The lowest BCUT2D eigenvalue weighted by Crippen LogP contribution is -2.43. The minimum absolute atomic E-state index is 0.615. The largest absolute Gasteiger partial charge is 0.480 e. The van der Waals surface area contributed by atoms with Gasteiger partial charge < -0.3 is 10.1 Å². The van der Waals surface area contributed by atoms with E-state index in [9.17, 15) is 4.79 Å². The molecule has 1 saturated carbocycles. The Morgan fingerprint density at radius 1 is 1.69 bits per heavy atom. The second kappa shape index (κ2) is 2.58. The number of aromatic amines is 1. The van der Waals surface area contributed by atoms with Gasteiger partial charge in [0.1, 0.15) is 11.2 Å². The SMILES string of the molecule is Cc1cnc(C2(C(=O)O)CCC2)[nH]1. The molecule has 0 unspecified atom stereocenters. The molecule has 0 saturated heterocycles. The van der Waals surface area contributed by atoms with Gasteiger partial charge in [-0.1, -0.05) is 6.42 Å². The van der Waals surface area contributed by atoms with Crippen molar-refractivity contribution >= 4 is 5.97 Å². The molecule has 0 amide bonds. The second-order valence-corrected chi connectivity index (χ2v) is 3.66. The molecule has 0 radical (unpaired) electrons. The zero-order valence-electron chi connectivity index (χ0n) is 7.50. The standard InChI is InChI=1S/C9H12N2O2/c1-6-5-10-7(11-6)9(8(12)13)3-2-4-9/h5H,2-4H2,1H3,(H,10,11)(H,12,13). The molecule has 13 heavy (non-hydrogen) atoms. The van der Waals surface area contributed by atoms with Gasteiger partial charge in [0.05, 0.1) is 0 Å². The highest BCUT2D eigenvalue weighted by Crippen LogP contribution is 2.42. The van der Waals surface area contributed by atoms with Crippen molar-refractivity contribution < 1.29 is 9.90 Å². The first-order valence-electron chi connectivity index (χ1n) is 4.41. The van der Waals surface area contributed by atoms with Crippen LogP contribution in [0.5, 0.6) is 0 Å². The Morgan fingerprint density at radius 2 is 2.38 bits per heavy atom. The van der Waals surface area contributed by atoms with Crippen molar-refractivity contribution in [1.29, 1.82) is 0 Å². The molecule has 0 bridgehead atoms. The van der Waals surface area contributed by atoms with Crippen molar-refractivity contribution in [3.63, 3.8) is 0 Å². The normalized spacial score (nSPS) is 19.5. The number of hydrogen-bond donors (Lipinski definition) is 2. The van der Waals surface area contributed by atoms with Crippen LogP contribution in [0.1, 0.15) is 30.8 Å². The summed E-state index contributed by atoms with van der Waals surface area (Å²) in [7, 11) is 0. The van der Waals surface area contributed by atoms with Crippen LogP contribution in [0.2, 0.25) is 0 Å². The van der Waals surface area contributed by atoms with E-state index in [1.807, 2.05) is 6.92 Å². The van der Waals surface area contributed by atoms with Gasteiger partial charge in [-0.2, -0.15) is 0 Å². The van der Waals surface area contributed by atoms with Crippen LogP contribution in [0.3, 0.4) is 0 Å². The third-order valence-corrected chi connectivity index (χ3v) is 2.77. The van der Waals surface area contributed by atoms with Crippen molar-refractivity contribution in [1.82, 2.24) is 9.97 Å². The first-order chi connectivity index (χ1) is 6.15. The third-order valence-electron chi connectivity index (χ3n) is 2.77. The van der Waals surface area contributed by atoms with E-state index in [4.69, 9.17) is 5.11 Å². The highest BCUT2D eigenvalue weighted by molar-refractivity contribution is 5.81. The molecule has 1 aromatic rings. The fourth-order valence-electron chi connectivity index (χ4n) is 1.74. The van der Waals surface area contributed by atoms with Crippen LogP contribution < -0.4 is 0 Å². The van der Waals surface area contributed by atoms with Gasteiger partial charge in [0, 0.05) is 11.9 Å². The molecule has 0 aliphatic heterocycles. The Balaban J connectivity index is 2.37. The Hall–Kier alpha value is -1.32. The summed E-state index contributed by atoms with van der Waals surface area (Å²) < 4.78 is 0. The Morgan fingerprint density at radius 3 is 2.69 bits per heavy atom. The number of imidazole rings is 1. The summed E-state index contributed by atoms with van der Waals surface area (Å²) in [6, 6.07) is 0. The Kier molecular flexibility index (Phi) is 1.65. The first kappa shape index (κ1) is 8.29. The van der Waals surface area contributed by atoms with Crippen LogP contribution in [0, 0.1) is 6.92 Å². The van der Waals surface area contributed by atoms with Gasteiger partial charge in [-0.3, -0.25) is 4.79 Å². The molecular formula is C9H12N2O2. The lowest BCUT2D eigenvalue weighted by atomic mass is 9.68. The minimum atomic E-state index is -0.756. The van der Waals surface area contributed by atoms with Gasteiger partial charge in [0.15, 0.2) is 0 Å². The third kappa shape index (κ3) is 1.05. The van der Waals surface area contributed by atoms with Crippen molar-refractivity contribution in [2.75, 3.05) is 0 Å². The monoisotopic (exact) mass is 180 g/mol. The van der Waals surface area contributed by atoms with Crippen LogP contribution in [-0.4, -0.2) is 21.0 Å². The van der Waals surface area contributed by atoms with Crippen LogP contribution in [0.15, 0.2) is 6.20 Å². The van der Waals surface area contributed by atoms with Crippen LogP contribution in [0.25, 0.3) is 0 Å². The predicted octanol–water partition coefficient (Wildman–Crippen LogP) is 1.22. The van der Waals surface area contributed by atoms with E-state index >= 15 is 0 Å². The number of aliphatic carboxylic acids is 1. The topological polar surface area (TPSA) is 66.0 Å². The summed E-state index contributed by atoms with van der Waals surface area (Å²) in [5.74, 6) is -0.142. The maximum absolute atomic E-state index is 11.1. The molecule has 1 heterocycles. The highest BCUT2D eigenvalue weighted by Gasteiger charge is 2.48. The van der Waals surface area contributed by atoms with Gasteiger partial charge in [-0.15, -0.1) is 0 Å².